The highest BCUT2D eigenvalue weighted by molar-refractivity contribution is 7.89. The number of benzene rings is 1. The molecule has 2 atom stereocenters. The number of hydrogen-bond acceptors (Lipinski definition) is 5. The van der Waals surface area contributed by atoms with Gasteiger partial charge in [0.25, 0.3) is 5.69 Å². The van der Waals surface area contributed by atoms with Crippen molar-refractivity contribution < 1.29 is 23.2 Å². The molecule has 1 fully saturated rings. The predicted molar refractivity (Wildman–Crippen MR) is 87.1 cm³/mol. The maximum atomic E-state index is 12.5. The Morgan fingerprint density at radius 1 is 1.38 bits per heavy atom. The van der Waals surface area contributed by atoms with E-state index in [1.165, 1.54) is 28.6 Å². The normalized spacial score (nSPS) is 22.2. The second-order valence-corrected chi connectivity index (χ2v) is 7.97. The molecule has 1 aromatic carbocycles. The van der Waals surface area contributed by atoms with Crippen molar-refractivity contribution in [1.82, 2.24) is 4.31 Å². The SMILES string of the molecule is C[C@@H]1[C@H](C(=O)O)CCCN1S(=O)(=O)CCc1ccc([N+](=O)[O-])cc1. The van der Waals surface area contributed by atoms with Gasteiger partial charge in [0.05, 0.1) is 16.6 Å². The van der Waals surface area contributed by atoms with Crippen molar-refractivity contribution >= 4 is 21.7 Å². The van der Waals surface area contributed by atoms with Crippen LogP contribution in [0.3, 0.4) is 0 Å². The largest absolute Gasteiger partial charge is 0.481 e. The summed E-state index contributed by atoms with van der Waals surface area (Å²) in [6, 6.07) is 5.18. The number of hydrogen-bond donors (Lipinski definition) is 1. The number of nitro groups is 1. The second kappa shape index (κ2) is 7.27. The maximum Gasteiger partial charge on any atom is 0.308 e. The van der Waals surface area contributed by atoms with E-state index in [2.05, 4.69) is 0 Å². The Morgan fingerprint density at radius 2 is 2.00 bits per heavy atom. The molecule has 0 aromatic heterocycles. The molecule has 1 aliphatic heterocycles. The number of aryl methyl sites for hydroxylation is 1. The summed E-state index contributed by atoms with van der Waals surface area (Å²) in [5.74, 6) is -1.81. The van der Waals surface area contributed by atoms with Crippen LogP contribution in [0.5, 0.6) is 0 Å². The first-order valence-electron chi connectivity index (χ1n) is 7.68. The van der Waals surface area contributed by atoms with Crippen LogP contribution in [0.4, 0.5) is 5.69 Å². The highest BCUT2D eigenvalue weighted by atomic mass is 32.2. The zero-order valence-corrected chi connectivity index (χ0v) is 14.1. The van der Waals surface area contributed by atoms with Crippen molar-refractivity contribution in [2.24, 2.45) is 5.92 Å². The standard InChI is InChI=1S/C15H20N2O6S/c1-11-14(15(18)19)3-2-9-16(11)24(22,23)10-8-12-4-6-13(7-5-12)17(20)21/h4-7,11,14H,2-3,8-10H2,1H3,(H,18,19)/t11-,14-/m1/s1. The van der Waals surface area contributed by atoms with Crippen LogP contribution < -0.4 is 0 Å². The van der Waals surface area contributed by atoms with Crippen LogP contribution in [0.2, 0.25) is 0 Å². The maximum absolute atomic E-state index is 12.5. The van der Waals surface area contributed by atoms with E-state index in [1.54, 1.807) is 6.92 Å². The predicted octanol–water partition coefficient (Wildman–Crippen LogP) is 1.65. The van der Waals surface area contributed by atoms with E-state index >= 15 is 0 Å². The Bertz CT molecular complexity index is 716. The van der Waals surface area contributed by atoms with Crippen molar-refractivity contribution in [2.45, 2.75) is 32.2 Å². The molecule has 1 aromatic rings. The Kier molecular flexibility index (Phi) is 5.55. The third kappa shape index (κ3) is 4.09. The van der Waals surface area contributed by atoms with Crippen molar-refractivity contribution in [3.8, 4) is 0 Å². The number of aliphatic carboxylic acids is 1. The Balaban J connectivity index is 2.05. The number of carboxylic acids is 1. The fourth-order valence-corrected chi connectivity index (χ4v) is 4.77. The van der Waals surface area contributed by atoms with Crippen molar-refractivity contribution in [3.63, 3.8) is 0 Å². The minimum Gasteiger partial charge on any atom is -0.481 e. The number of carbonyl (C=O) groups is 1. The quantitative estimate of drug-likeness (QED) is 0.612. The molecular formula is C15H20N2O6S. The minimum absolute atomic E-state index is 0.0458. The smallest absolute Gasteiger partial charge is 0.308 e. The lowest BCUT2D eigenvalue weighted by Gasteiger charge is -2.36. The minimum atomic E-state index is -3.59. The summed E-state index contributed by atoms with van der Waals surface area (Å²) >= 11 is 0. The van der Waals surface area contributed by atoms with Gasteiger partial charge in [-0.3, -0.25) is 14.9 Å². The molecule has 8 nitrogen and oxygen atoms in total. The van der Waals surface area contributed by atoms with Crippen LogP contribution in [0, 0.1) is 16.0 Å². The topological polar surface area (TPSA) is 118 Å². The van der Waals surface area contributed by atoms with Gasteiger partial charge in [0, 0.05) is 24.7 Å². The van der Waals surface area contributed by atoms with Crippen LogP contribution in [-0.4, -0.2) is 47.1 Å². The lowest BCUT2D eigenvalue weighted by molar-refractivity contribution is -0.384. The summed E-state index contributed by atoms with van der Waals surface area (Å²) < 4.78 is 26.4. The van der Waals surface area contributed by atoms with E-state index in [1.807, 2.05) is 0 Å². The molecule has 0 amide bonds. The molecule has 0 bridgehead atoms. The lowest BCUT2D eigenvalue weighted by Crippen LogP contribution is -2.49. The summed E-state index contributed by atoms with van der Waals surface area (Å²) in [6.07, 6.45) is 1.23. The van der Waals surface area contributed by atoms with Gasteiger partial charge in [-0.05, 0) is 31.7 Å². The Morgan fingerprint density at radius 3 is 2.54 bits per heavy atom. The monoisotopic (exact) mass is 356 g/mol. The molecule has 0 saturated carbocycles. The molecule has 9 heteroatoms. The molecule has 24 heavy (non-hydrogen) atoms. The lowest BCUT2D eigenvalue weighted by atomic mass is 9.92. The van der Waals surface area contributed by atoms with E-state index in [0.717, 1.165) is 0 Å². The zero-order valence-electron chi connectivity index (χ0n) is 13.3. The van der Waals surface area contributed by atoms with Gasteiger partial charge in [0.2, 0.25) is 10.0 Å². The van der Waals surface area contributed by atoms with Gasteiger partial charge < -0.3 is 5.11 Å². The molecule has 132 valence electrons. The summed E-state index contributed by atoms with van der Waals surface area (Å²) in [6.45, 7) is 1.95. The molecule has 1 N–H and O–H groups in total. The molecular weight excluding hydrogens is 336 g/mol. The number of non-ortho nitro benzene ring substituents is 1. The fourth-order valence-electron chi connectivity index (χ4n) is 2.98. The molecule has 0 unspecified atom stereocenters. The van der Waals surface area contributed by atoms with Crippen molar-refractivity contribution in [2.75, 3.05) is 12.3 Å². The summed E-state index contributed by atoms with van der Waals surface area (Å²) in [5, 5.41) is 19.8. The van der Waals surface area contributed by atoms with E-state index in [0.29, 0.717) is 24.9 Å². The van der Waals surface area contributed by atoms with E-state index in [-0.39, 0.29) is 17.9 Å². The summed E-state index contributed by atoms with van der Waals surface area (Å²) in [5.41, 5.74) is 0.638. The van der Waals surface area contributed by atoms with Gasteiger partial charge >= 0.3 is 5.97 Å². The van der Waals surface area contributed by atoms with E-state index in [4.69, 9.17) is 0 Å². The first-order valence-corrected chi connectivity index (χ1v) is 9.29. The molecule has 0 radical (unpaired) electrons. The number of piperidine rings is 1. The van der Waals surface area contributed by atoms with Crippen LogP contribution in [0.25, 0.3) is 0 Å². The molecule has 1 saturated heterocycles. The van der Waals surface area contributed by atoms with Crippen molar-refractivity contribution in [3.05, 3.63) is 39.9 Å². The number of sulfonamides is 1. The second-order valence-electron chi connectivity index (χ2n) is 5.93. The van der Waals surface area contributed by atoms with Gasteiger partial charge in [-0.25, -0.2) is 8.42 Å². The highest BCUT2D eigenvalue weighted by Gasteiger charge is 2.38. The van der Waals surface area contributed by atoms with Gasteiger partial charge in [-0.1, -0.05) is 12.1 Å². The first-order chi connectivity index (χ1) is 11.2. The fraction of sp³-hybridized carbons (Fsp3) is 0.533. The number of nitro benzene ring substituents is 1. The third-order valence-corrected chi connectivity index (χ3v) is 6.35. The Hall–Kier alpha value is -2.00. The average Bonchev–Trinajstić information content (AvgIpc) is 2.53. The molecule has 1 aliphatic rings. The molecule has 0 spiro atoms. The third-order valence-electron chi connectivity index (χ3n) is 4.40. The Labute approximate surface area is 140 Å². The first kappa shape index (κ1) is 18.3. The van der Waals surface area contributed by atoms with Crippen LogP contribution in [-0.2, 0) is 21.2 Å². The van der Waals surface area contributed by atoms with Crippen LogP contribution in [0.1, 0.15) is 25.3 Å². The molecule has 1 heterocycles. The summed E-state index contributed by atoms with van der Waals surface area (Å²) in [4.78, 5) is 21.3. The van der Waals surface area contributed by atoms with Gasteiger partial charge in [-0.15, -0.1) is 0 Å². The van der Waals surface area contributed by atoms with Gasteiger partial charge in [0.15, 0.2) is 0 Å². The number of carboxylic acid groups (broad SMARTS) is 1. The average molecular weight is 356 g/mol. The molecule has 2 rings (SSSR count). The van der Waals surface area contributed by atoms with E-state index in [9.17, 15) is 28.4 Å². The number of nitrogens with zero attached hydrogens (tertiary/aromatic N) is 2. The van der Waals surface area contributed by atoms with Gasteiger partial charge in [0.1, 0.15) is 0 Å². The van der Waals surface area contributed by atoms with E-state index < -0.39 is 32.9 Å². The number of rotatable bonds is 6. The van der Waals surface area contributed by atoms with Crippen LogP contribution >= 0.6 is 0 Å². The van der Waals surface area contributed by atoms with Crippen molar-refractivity contribution in [1.29, 1.82) is 0 Å². The highest BCUT2D eigenvalue weighted by Crippen LogP contribution is 2.26. The zero-order chi connectivity index (χ0) is 17.9. The van der Waals surface area contributed by atoms with Crippen LogP contribution in [0.15, 0.2) is 24.3 Å². The molecule has 0 aliphatic carbocycles. The summed E-state index contributed by atoms with van der Waals surface area (Å²) in [7, 11) is -3.59. The van der Waals surface area contributed by atoms with Gasteiger partial charge in [-0.2, -0.15) is 4.31 Å².